The fourth-order valence-electron chi connectivity index (χ4n) is 4.86. The van der Waals surface area contributed by atoms with E-state index in [1.54, 1.807) is 19.2 Å². The van der Waals surface area contributed by atoms with Crippen molar-refractivity contribution in [3.8, 4) is 0 Å². The second-order valence-corrected chi connectivity index (χ2v) is 7.58. The van der Waals surface area contributed by atoms with Crippen molar-refractivity contribution in [2.45, 2.75) is 37.0 Å². The first-order valence-corrected chi connectivity index (χ1v) is 9.40. The lowest BCUT2D eigenvalue weighted by molar-refractivity contribution is -0.0551. The number of aliphatic hydroxyl groups excluding tert-OH is 1. The van der Waals surface area contributed by atoms with Gasteiger partial charge in [0.15, 0.2) is 0 Å². The summed E-state index contributed by atoms with van der Waals surface area (Å²) in [5.74, 6) is -0.887. The second kappa shape index (κ2) is 7.08. The number of benzene rings is 2. The van der Waals surface area contributed by atoms with Crippen LogP contribution in [0.3, 0.4) is 0 Å². The first-order chi connectivity index (χ1) is 13.1. The van der Waals surface area contributed by atoms with Crippen molar-refractivity contribution in [2.75, 3.05) is 20.2 Å². The number of fused-ring (bicyclic) bond motifs is 2. The molecule has 1 fully saturated rings. The number of likely N-dealkylation sites (tertiary alicyclic amines) is 1. The van der Waals surface area contributed by atoms with Gasteiger partial charge in [0.25, 0.3) is 0 Å². The van der Waals surface area contributed by atoms with Gasteiger partial charge < -0.3 is 14.9 Å². The number of carboxylic acid groups (broad SMARTS) is 1. The average Bonchev–Trinajstić information content (AvgIpc) is 2.92. The van der Waals surface area contributed by atoms with Crippen LogP contribution in [-0.2, 0) is 16.7 Å². The Morgan fingerprint density at radius 3 is 2.52 bits per heavy atom. The van der Waals surface area contributed by atoms with Gasteiger partial charge in [-0.25, -0.2) is 4.79 Å². The number of aliphatic hydroxyl groups is 1. The molecule has 0 unspecified atom stereocenters. The van der Waals surface area contributed by atoms with Crippen LogP contribution in [0.4, 0.5) is 0 Å². The molecule has 2 aromatic rings. The van der Waals surface area contributed by atoms with Crippen LogP contribution in [0.1, 0.15) is 46.0 Å². The molecule has 1 aliphatic heterocycles. The van der Waals surface area contributed by atoms with Crippen LogP contribution in [0.2, 0.25) is 0 Å². The molecular weight excluding hydrogens is 342 g/mol. The molecule has 2 N–H and O–H groups in total. The third kappa shape index (κ3) is 2.96. The van der Waals surface area contributed by atoms with Crippen LogP contribution in [0.5, 0.6) is 0 Å². The summed E-state index contributed by atoms with van der Waals surface area (Å²) < 4.78 is 5.61. The van der Waals surface area contributed by atoms with Crippen LogP contribution >= 0.6 is 0 Å². The molecule has 1 aliphatic carbocycles. The van der Waals surface area contributed by atoms with Crippen molar-refractivity contribution in [1.29, 1.82) is 0 Å². The largest absolute Gasteiger partial charge is 0.478 e. The highest BCUT2D eigenvalue weighted by molar-refractivity contribution is 5.89. The molecule has 4 rings (SSSR count). The number of nitrogens with zero attached hydrogens (tertiary/aromatic N) is 1. The van der Waals surface area contributed by atoms with Crippen molar-refractivity contribution in [3.63, 3.8) is 0 Å². The Bertz CT molecular complexity index is 842. The summed E-state index contributed by atoms with van der Waals surface area (Å²) in [6.07, 6.45) is 0.842. The smallest absolute Gasteiger partial charge is 0.336 e. The summed E-state index contributed by atoms with van der Waals surface area (Å²) in [7, 11) is 1.65. The van der Waals surface area contributed by atoms with Gasteiger partial charge in [0.2, 0.25) is 0 Å². The maximum Gasteiger partial charge on any atom is 0.336 e. The minimum absolute atomic E-state index is 0.277. The molecule has 1 heterocycles. The van der Waals surface area contributed by atoms with Crippen molar-refractivity contribution in [3.05, 3.63) is 70.8 Å². The maximum absolute atomic E-state index is 11.5. The predicted molar refractivity (Wildman–Crippen MR) is 102 cm³/mol. The van der Waals surface area contributed by atoms with E-state index in [-0.39, 0.29) is 11.5 Å². The number of piperidine rings is 1. The topological polar surface area (TPSA) is 70.0 Å². The summed E-state index contributed by atoms with van der Waals surface area (Å²) in [6, 6.07) is 15.4. The normalized spacial score (nSPS) is 24.1. The van der Waals surface area contributed by atoms with Gasteiger partial charge in [-0.05, 0) is 48.7 Å². The zero-order chi connectivity index (χ0) is 19.0. The van der Waals surface area contributed by atoms with E-state index in [1.165, 1.54) is 5.56 Å². The molecule has 2 aliphatic rings. The summed E-state index contributed by atoms with van der Waals surface area (Å²) in [6.45, 7) is 2.25. The van der Waals surface area contributed by atoms with Crippen molar-refractivity contribution < 1.29 is 19.7 Å². The van der Waals surface area contributed by atoms with E-state index >= 15 is 0 Å². The predicted octanol–water partition coefficient (Wildman–Crippen LogP) is 2.98. The van der Waals surface area contributed by atoms with Crippen molar-refractivity contribution >= 4 is 5.97 Å². The molecule has 0 saturated carbocycles. The molecular formula is C22H25NO4. The SMILES string of the molecule is CO[C@@H]1c2ccccc2C2(CCN(Cc3ccccc3C(=O)O)CC2)[C@H]1O. The van der Waals surface area contributed by atoms with Crippen LogP contribution in [0.15, 0.2) is 48.5 Å². The van der Waals surface area contributed by atoms with E-state index in [0.717, 1.165) is 37.1 Å². The first-order valence-electron chi connectivity index (χ1n) is 9.40. The molecule has 0 amide bonds. The molecule has 142 valence electrons. The first kappa shape index (κ1) is 18.2. The fraction of sp³-hybridized carbons (Fsp3) is 0.409. The third-order valence-corrected chi connectivity index (χ3v) is 6.30. The van der Waals surface area contributed by atoms with Gasteiger partial charge in [0, 0.05) is 19.1 Å². The standard InChI is InChI=1S/C22H25NO4/c1-27-19-17-8-4-5-9-18(17)22(20(19)24)10-12-23(13-11-22)14-15-6-2-3-7-16(15)21(25)26/h2-9,19-20,24H,10-14H2,1H3,(H,25,26)/t19-,20+/m1/s1. The van der Waals surface area contributed by atoms with Gasteiger partial charge in [0.1, 0.15) is 6.10 Å². The third-order valence-electron chi connectivity index (χ3n) is 6.30. The molecule has 0 aromatic heterocycles. The lowest BCUT2D eigenvalue weighted by Crippen LogP contribution is -2.47. The Balaban J connectivity index is 1.54. The number of carboxylic acids is 1. The van der Waals surface area contributed by atoms with E-state index < -0.39 is 12.1 Å². The van der Waals surface area contributed by atoms with E-state index in [9.17, 15) is 15.0 Å². The molecule has 2 atom stereocenters. The summed E-state index contributed by atoms with van der Waals surface area (Å²) in [4.78, 5) is 13.7. The molecule has 27 heavy (non-hydrogen) atoms. The van der Waals surface area contributed by atoms with Crippen LogP contribution in [-0.4, -0.2) is 47.4 Å². The molecule has 5 heteroatoms. The monoisotopic (exact) mass is 367 g/mol. The minimum atomic E-state index is -0.887. The average molecular weight is 367 g/mol. The summed E-state index contributed by atoms with van der Waals surface area (Å²) >= 11 is 0. The van der Waals surface area contributed by atoms with Gasteiger partial charge >= 0.3 is 5.97 Å². The highest BCUT2D eigenvalue weighted by atomic mass is 16.5. The Morgan fingerprint density at radius 1 is 1.15 bits per heavy atom. The lowest BCUT2D eigenvalue weighted by atomic mass is 9.72. The summed E-state index contributed by atoms with van der Waals surface area (Å²) in [5.41, 5.74) is 3.22. The van der Waals surface area contributed by atoms with Gasteiger partial charge in [-0.3, -0.25) is 4.90 Å². The van der Waals surface area contributed by atoms with E-state index in [1.807, 2.05) is 24.3 Å². The Labute approximate surface area is 159 Å². The van der Waals surface area contributed by atoms with Gasteiger partial charge in [-0.1, -0.05) is 42.5 Å². The number of methoxy groups -OCH3 is 1. The zero-order valence-corrected chi connectivity index (χ0v) is 15.5. The highest BCUT2D eigenvalue weighted by Gasteiger charge is 2.52. The molecule has 0 bridgehead atoms. The molecule has 1 spiro atoms. The highest BCUT2D eigenvalue weighted by Crippen LogP contribution is 2.52. The Hall–Kier alpha value is -2.21. The zero-order valence-electron chi connectivity index (χ0n) is 15.5. The second-order valence-electron chi connectivity index (χ2n) is 7.58. The lowest BCUT2D eigenvalue weighted by Gasteiger charge is -2.42. The summed E-state index contributed by atoms with van der Waals surface area (Å²) in [5, 5.41) is 20.5. The minimum Gasteiger partial charge on any atom is -0.478 e. The van der Waals surface area contributed by atoms with E-state index in [2.05, 4.69) is 17.0 Å². The Kier molecular flexibility index (Phi) is 4.76. The van der Waals surface area contributed by atoms with E-state index in [0.29, 0.717) is 12.1 Å². The van der Waals surface area contributed by atoms with Crippen molar-refractivity contribution in [1.82, 2.24) is 4.90 Å². The van der Waals surface area contributed by atoms with Crippen LogP contribution < -0.4 is 0 Å². The van der Waals surface area contributed by atoms with Gasteiger partial charge in [-0.2, -0.15) is 0 Å². The Morgan fingerprint density at radius 2 is 1.81 bits per heavy atom. The number of carbonyl (C=O) groups is 1. The molecule has 0 radical (unpaired) electrons. The number of hydrogen-bond acceptors (Lipinski definition) is 4. The van der Waals surface area contributed by atoms with E-state index in [4.69, 9.17) is 4.74 Å². The van der Waals surface area contributed by atoms with Crippen LogP contribution in [0.25, 0.3) is 0 Å². The number of aromatic carboxylic acids is 1. The molecule has 5 nitrogen and oxygen atoms in total. The van der Waals surface area contributed by atoms with Gasteiger partial charge in [-0.15, -0.1) is 0 Å². The fourth-order valence-corrected chi connectivity index (χ4v) is 4.86. The quantitative estimate of drug-likeness (QED) is 0.869. The number of rotatable bonds is 4. The maximum atomic E-state index is 11.5. The molecule has 1 saturated heterocycles. The van der Waals surface area contributed by atoms with Crippen LogP contribution in [0, 0.1) is 0 Å². The van der Waals surface area contributed by atoms with Crippen molar-refractivity contribution in [2.24, 2.45) is 0 Å². The number of hydrogen-bond donors (Lipinski definition) is 2. The van der Waals surface area contributed by atoms with Gasteiger partial charge in [0.05, 0.1) is 11.7 Å². The molecule has 2 aromatic carbocycles. The number of ether oxygens (including phenoxy) is 1.